The number of aromatic nitrogens is 2. The minimum Gasteiger partial charge on any atom is -0.337 e. The molecule has 0 spiro atoms. The first-order chi connectivity index (χ1) is 12.3. The summed E-state index contributed by atoms with van der Waals surface area (Å²) in [7, 11) is 0. The third-order valence-electron chi connectivity index (χ3n) is 4.11. The van der Waals surface area contributed by atoms with Gasteiger partial charge in [0.05, 0.1) is 11.7 Å². The summed E-state index contributed by atoms with van der Waals surface area (Å²) in [4.78, 5) is 27.5. The number of hydrogen-bond acceptors (Lipinski definition) is 6. The van der Waals surface area contributed by atoms with Crippen LogP contribution in [-0.2, 0) is 15.3 Å². The van der Waals surface area contributed by atoms with E-state index < -0.39 is 0 Å². The van der Waals surface area contributed by atoms with E-state index in [1.165, 1.54) is 16.2 Å². The van der Waals surface area contributed by atoms with Gasteiger partial charge in [-0.05, 0) is 32.9 Å². The lowest BCUT2D eigenvalue weighted by Crippen LogP contribution is -2.42. The van der Waals surface area contributed by atoms with E-state index in [0.717, 1.165) is 5.01 Å². The summed E-state index contributed by atoms with van der Waals surface area (Å²) < 4.78 is 0. The molecule has 1 N–H and O–H groups in total. The summed E-state index contributed by atoms with van der Waals surface area (Å²) in [5.74, 6) is 0.225. The van der Waals surface area contributed by atoms with Gasteiger partial charge in [0.2, 0.25) is 16.9 Å². The largest absolute Gasteiger partial charge is 0.337 e. The van der Waals surface area contributed by atoms with Crippen molar-refractivity contribution in [3.63, 3.8) is 0 Å². The molecule has 138 valence electrons. The van der Waals surface area contributed by atoms with Crippen molar-refractivity contribution < 1.29 is 9.59 Å². The summed E-state index contributed by atoms with van der Waals surface area (Å²) in [6.07, 6.45) is 0.249. The van der Waals surface area contributed by atoms with E-state index >= 15 is 0 Å². The van der Waals surface area contributed by atoms with Gasteiger partial charge in [-0.1, -0.05) is 29.5 Å². The maximum Gasteiger partial charge on any atom is 0.231 e. The topological polar surface area (TPSA) is 75.2 Å². The molecule has 2 heterocycles. The molecule has 1 aliphatic rings. The van der Waals surface area contributed by atoms with Crippen LogP contribution in [0.4, 0.5) is 5.13 Å². The number of hydrogen-bond donors (Lipinski definition) is 1. The van der Waals surface area contributed by atoms with Crippen LogP contribution in [0.3, 0.4) is 0 Å². The van der Waals surface area contributed by atoms with Gasteiger partial charge < -0.3 is 10.2 Å². The maximum absolute atomic E-state index is 12.5. The Labute approximate surface area is 161 Å². The Balaban J connectivity index is 1.54. The predicted molar refractivity (Wildman–Crippen MR) is 104 cm³/mol. The number of nitrogens with zero attached hydrogens (tertiary/aromatic N) is 3. The molecule has 1 aromatic heterocycles. The highest BCUT2D eigenvalue weighted by Gasteiger charge is 2.39. The SMILES string of the molecule is CC(C)(C)N1C[C@H](C(=O)Nc2nnc(CSc3ccccc3)s2)CC1=O. The first kappa shape index (κ1) is 18.8. The molecule has 2 aromatic rings. The molecule has 3 rings (SSSR count). The molecule has 0 unspecified atom stereocenters. The zero-order valence-corrected chi connectivity index (χ0v) is 16.7. The fraction of sp³-hybridized carbons (Fsp3) is 0.444. The molecule has 8 heteroatoms. The molecule has 6 nitrogen and oxygen atoms in total. The van der Waals surface area contributed by atoms with Gasteiger partial charge >= 0.3 is 0 Å². The third kappa shape index (κ3) is 4.62. The highest BCUT2D eigenvalue weighted by molar-refractivity contribution is 7.98. The Bertz CT molecular complexity index is 786. The van der Waals surface area contributed by atoms with Crippen molar-refractivity contribution in [2.75, 3.05) is 11.9 Å². The molecular weight excluding hydrogens is 368 g/mol. The fourth-order valence-corrected chi connectivity index (χ4v) is 4.41. The number of amides is 2. The van der Waals surface area contributed by atoms with Gasteiger partial charge in [-0.25, -0.2) is 0 Å². The number of benzene rings is 1. The van der Waals surface area contributed by atoms with Gasteiger partial charge in [-0.2, -0.15) is 0 Å². The zero-order chi connectivity index (χ0) is 18.7. The second kappa shape index (κ2) is 7.75. The highest BCUT2D eigenvalue weighted by atomic mass is 32.2. The van der Waals surface area contributed by atoms with Gasteiger partial charge in [0.1, 0.15) is 5.01 Å². The Morgan fingerprint density at radius 2 is 2.04 bits per heavy atom. The molecule has 0 radical (unpaired) electrons. The van der Waals surface area contributed by atoms with Crippen LogP contribution in [0.5, 0.6) is 0 Å². The van der Waals surface area contributed by atoms with Crippen molar-refractivity contribution in [2.24, 2.45) is 5.92 Å². The second-order valence-electron chi connectivity index (χ2n) is 7.17. The Hall–Kier alpha value is -1.93. The van der Waals surface area contributed by atoms with Crippen LogP contribution in [0.15, 0.2) is 35.2 Å². The van der Waals surface area contributed by atoms with Crippen LogP contribution in [0, 0.1) is 5.92 Å². The van der Waals surface area contributed by atoms with Crippen molar-refractivity contribution in [1.82, 2.24) is 15.1 Å². The fourth-order valence-electron chi connectivity index (χ4n) is 2.76. The standard InChI is InChI=1S/C18H22N4O2S2/c1-18(2,3)22-10-12(9-15(22)23)16(24)19-17-21-20-14(26-17)11-25-13-7-5-4-6-8-13/h4-8,12H,9-11H2,1-3H3,(H,19,21,24)/t12-/m1/s1. The number of likely N-dealkylation sites (tertiary alicyclic amines) is 1. The number of carbonyl (C=O) groups excluding carboxylic acids is 2. The predicted octanol–water partition coefficient (Wildman–Crippen LogP) is 3.42. The van der Waals surface area contributed by atoms with Crippen LogP contribution in [0.1, 0.15) is 32.2 Å². The number of rotatable bonds is 5. The maximum atomic E-state index is 12.5. The summed E-state index contributed by atoms with van der Waals surface area (Å²) >= 11 is 3.05. The minimum atomic E-state index is -0.340. The molecule has 2 amide bonds. The second-order valence-corrected chi connectivity index (χ2v) is 9.28. The molecule has 1 fully saturated rings. The van der Waals surface area contributed by atoms with Crippen LogP contribution in [0.2, 0.25) is 0 Å². The highest BCUT2D eigenvalue weighted by Crippen LogP contribution is 2.28. The Morgan fingerprint density at radius 3 is 2.69 bits per heavy atom. The lowest BCUT2D eigenvalue weighted by molar-refractivity contribution is -0.131. The van der Waals surface area contributed by atoms with E-state index in [4.69, 9.17) is 0 Å². The number of nitrogens with one attached hydrogen (secondary N) is 1. The Kier molecular flexibility index (Phi) is 5.62. The quantitative estimate of drug-likeness (QED) is 0.792. The monoisotopic (exact) mass is 390 g/mol. The van der Waals surface area contributed by atoms with Crippen LogP contribution >= 0.6 is 23.1 Å². The lowest BCUT2D eigenvalue weighted by atomic mass is 10.1. The molecule has 1 saturated heterocycles. The first-order valence-electron chi connectivity index (χ1n) is 8.44. The number of thioether (sulfide) groups is 1. The van der Waals surface area contributed by atoms with Gasteiger partial charge in [0.25, 0.3) is 0 Å². The summed E-state index contributed by atoms with van der Waals surface area (Å²) in [5, 5.41) is 12.3. The van der Waals surface area contributed by atoms with E-state index in [0.29, 0.717) is 17.4 Å². The molecule has 1 aliphatic heterocycles. The summed E-state index contributed by atoms with van der Waals surface area (Å²) in [5.41, 5.74) is -0.267. The molecular formula is C18H22N4O2S2. The van der Waals surface area contributed by atoms with Crippen molar-refractivity contribution in [3.05, 3.63) is 35.3 Å². The summed E-state index contributed by atoms with van der Waals surface area (Å²) in [6.45, 7) is 6.38. The first-order valence-corrected chi connectivity index (χ1v) is 10.2. The molecule has 1 atom stereocenters. The van der Waals surface area contributed by atoms with Crippen LogP contribution in [-0.4, -0.2) is 39.0 Å². The minimum absolute atomic E-state index is 0.0230. The molecule has 0 bridgehead atoms. The average molecular weight is 391 g/mol. The van der Waals surface area contributed by atoms with Crippen molar-refractivity contribution in [3.8, 4) is 0 Å². The van der Waals surface area contributed by atoms with E-state index in [9.17, 15) is 9.59 Å². The number of anilines is 1. The molecule has 0 saturated carbocycles. The molecule has 26 heavy (non-hydrogen) atoms. The normalized spacial score (nSPS) is 17.6. The third-order valence-corrected chi connectivity index (χ3v) is 6.15. The lowest BCUT2D eigenvalue weighted by Gasteiger charge is -2.31. The van der Waals surface area contributed by atoms with Gasteiger partial charge in [-0.15, -0.1) is 22.0 Å². The van der Waals surface area contributed by atoms with Gasteiger partial charge in [0, 0.05) is 23.4 Å². The van der Waals surface area contributed by atoms with Crippen molar-refractivity contribution >= 4 is 40.0 Å². The Morgan fingerprint density at radius 1 is 1.31 bits per heavy atom. The van der Waals surface area contributed by atoms with E-state index in [1.807, 2.05) is 51.1 Å². The van der Waals surface area contributed by atoms with Gasteiger partial charge in [0.15, 0.2) is 0 Å². The van der Waals surface area contributed by atoms with E-state index in [-0.39, 0.29) is 29.7 Å². The number of carbonyl (C=O) groups is 2. The zero-order valence-electron chi connectivity index (χ0n) is 15.1. The van der Waals surface area contributed by atoms with Crippen molar-refractivity contribution in [2.45, 2.75) is 43.4 Å². The van der Waals surface area contributed by atoms with Crippen molar-refractivity contribution in [1.29, 1.82) is 0 Å². The van der Waals surface area contributed by atoms with Crippen LogP contribution in [0.25, 0.3) is 0 Å². The average Bonchev–Trinajstić information content (AvgIpc) is 3.20. The smallest absolute Gasteiger partial charge is 0.231 e. The van der Waals surface area contributed by atoms with Crippen LogP contribution < -0.4 is 5.32 Å². The summed E-state index contributed by atoms with van der Waals surface area (Å²) in [6, 6.07) is 10.1. The van der Waals surface area contributed by atoms with E-state index in [2.05, 4.69) is 15.5 Å². The van der Waals surface area contributed by atoms with E-state index in [1.54, 1.807) is 16.7 Å². The molecule has 0 aliphatic carbocycles. The van der Waals surface area contributed by atoms with Gasteiger partial charge in [-0.3, -0.25) is 9.59 Å². The molecule has 1 aromatic carbocycles.